The van der Waals surface area contributed by atoms with Gasteiger partial charge in [0.25, 0.3) is 5.56 Å². The summed E-state index contributed by atoms with van der Waals surface area (Å²) in [7, 11) is 3.34. The van der Waals surface area contributed by atoms with Crippen LogP contribution in [-0.4, -0.2) is 35.3 Å². The van der Waals surface area contributed by atoms with Crippen molar-refractivity contribution >= 4 is 11.6 Å². The topological polar surface area (TPSA) is 59.8 Å². The normalized spacial score (nSPS) is 13.4. The second-order valence-electron chi connectivity index (χ2n) is 8.89. The Morgan fingerprint density at radius 1 is 0.833 bits per heavy atom. The molecule has 0 atom stereocenters. The zero-order chi connectivity index (χ0) is 25.1. The summed E-state index contributed by atoms with van der Waals surface area (Å²) in [6, 6.07) is 25.8. The zero-order valence-corrected chi connectivity index (χ0v) is 20.8. The van der Waals surface area contributed by atoms with E-state index in [4.69, 9.17) is 14.5 Å². The van der Waals surface area contributed by atoms with Gasteiger partial charge in [-0.25, -0.2) is 4.98 Å². The Morgan fingerprint density at radius 3 is 2.25 bits per heavy atom. The van der Waals surface area contributed by atoms with Crippen molar-refractivity contribution in [1.82, 2.24) is 14.5 Å². The van der Waals surface area contributed by atoms with E-state index < -0.39 is 0 Å². The molecule has 0 unspecified atom stereocenters. The Morgan fingerprint density at radius 2 is 1.50 bits per heavy atom. The van der Waals surface area contributed by atoms with Gasteiger partial charge in [0.1, 0.15) is 11.5 Å². The quantitative estimate of drug-likeness (QED) is 0.380. The van der Waals surface area contributed by atoms with E-state index in [0.717, 1.165) is 34.0 Å². The lowest BCUT2D eigenvalue weighted by Gasteiger charge is -2.39. The van der Waals surface area contributed by atoms with Crippen LogP contribution in [0, 0.1) is 6.92 Å². The van der Waals surface area contributed by atoms with Crippen molar-refractivity contribution < 1.29 is 9.47 Å². The van der Waals surface area contributed by atoms with E-state index in [1.807, 2.05) is 79.7 Å². The van der Waals surface area contributed by atoms with Gasteiger partial charge in [-0.15, -0.1) is 0 Å². The molecule has 7 heteroatoms. The van der Waals surface area contributed by atoms with Crippen molar-refractivity contribution in [3.63, 3.8) is 0 Å². The molecule has 0 saturated carbocycles. The molecule has 0 bridgehead atoms. The maximum atomic E-state index is 13.9. The van der Waals surface area contributed by atoms with Gasteiger partial charge in [-0.05, 0) is 30.7 Å². The lowest BCUT2D eigenvalue weighted by molar-refractivity contribution is 0.187. The number of benzene rings is 3. The monoisotopic (exact) mass is 482 g/mol. The number of rotatable bonds is 7. The van der Waals surface area contributed by atoms with E-state index in [1.165, 1.54) is 0 Å². The molecule has 0 N–H and O–H groups in total. The van der Waals surface area contributed by atoms with E-state index in [2.05, 4.69) is 15.9 Å². The number of fused-ring (bicyclic) bond motifs is 1. The largest absolute Gasteiger partial charge is 0.496 e. The summed E-state index contributed by atoms with van der Waals surface area (Å²) in [5, 5.41) is 0. The average molecular weight is 483 g/mol. The van der Waals surface area contributed by atoms with Crippen molar-refractivity contribution in [2.75, 3.05) is 25.8 Å². The van der Waals surface area contributed by atoms with Gasteiger partial charge in [-0.2, -0.15) is 0 Å². The second kappa shape index (κ2) is 10.3. The molecule has 0 aliphatic carbocycles. The Balaban J connectivity index is 1.60. The maximum absolute atomic E-state index is 13.9. The molecule has 0 amide bonds. The highest BCUT2D eigenvalue weighted by Gasteiger charge is 2.29. The van der Waals surface area contributed by atoms with Gasteiger partial charge in [0.05, 0.1) is 38.9 Å². The zero-order valence-electron chi connectivity index (χ0n) is 20.8. The minimum absolute atomic E-state index is 0.0222. The minimum atomic E-state index is -0.0222. The summed E-state index contributed by atoms with van der Waals surface area (Å²) >= 11 is 0. The third kappa shape index (κ3) is 4.57. The standard InChI is InChI=1S/C29H30N4O3/c1-21-24(17-22-11-5-4-6-12-22)28(34)33-20-31(18-23-13-7-9-15-26(23)35-2)19-32(29(33)30-21)25-14-8-10-16-27(25)36-3/h4-16H,17-20H2,1-3H3. The lowest BCUT2D eigenvalue weighted by atomic mass is 10.1. The van der Waals surface area contributed by atoms with Crippen LogP contribution in [0.1, 0.15) is 22.4 Å². The first kappa shape index (κ1) is 23.6. The highest BCUT2D eigenvalue weighted by Crippen LogP contribution is 2.35. The molecule has 0 fully saturated rings. The van der Waals surface area contributed by atoms with Crippen LogP contribution in [0.5, 0.6) is 11.5 Å². The predicted molar refractivity (Wildman–Crippen MR) is 141 cm³/mol. The van der Waals surface area contributed by atoms with Gasteiger partial charge in [-0.3, -0.25) is 19.2 Å². The van der Waals surface area contributed by atoms with Gasteiger partial charge >= 0.3 is 0 Å². The second-order valence-corrected chi connectivity index (χ2v) is 8.89. The van der Waals surface area contributed by atoms with Crippen LogP contribution in [0.2, 0.25) is 0 Å². The van der Waals surface area contributed by atoms with Crippen LogP contribution in [0.25, 0.3) is 0 Å². The summed E-state index contributed by atoms with van der Waals surface area (Å²) in [6.45, 7) is 3.50. The smallest absolute Gasteiger partial charge is 0.259 e. The molecule has 0 spiro atoms. The summed E-state index contributed by atoms with van der Waals surface area (Å²) in [4.78, 5) is 23.1. The van der Waals surface area contributed by atoms with E-state index >= 15 is 0 Å². The molecule has 1 aliphatic heterocycles. The van der Waals surface area contributed by atoms with Gasteiger partial charge in [0.15, 0.2) is 0 Å². The van der Waals surface area contributed by atoms with E-state index in [0.29, 0.717) is 37.8 Å². The van der Waals surface area contributed by atoms with Crippen molar-refractivity contribution in [2.24, 2.45) is 0 Å². The molecule has 0 radical (unpaired) electrons. The molecule has 3 aromatic carbocycles. The van der Waals surface area contributed by atoms with Crippen molar-refractivity contribution in [1.29, 1.82) is 0 Å². The number of anilines is 2. The number of ether oxygens (including phenoxy) is 2. The minimum Gasteiger partial charge on any atom is -0.496 e. The molecule has 36 heavy (non-hydrogen) atoms. The molecule has 184 valence electrons. The summed E-state index contributed by atoms with van der Waals surface area (Å²) in [5.74, 6) is 2.17. The van der Waals surface area contributed by atoms with Crippen LogP contribution < -0.4 is 19.9 Å². The third-order valence-electron chi connectivity index (χ3n) is 6.56. The number of nitrogens with zero attached hydrogens (tertiary/aromatic N) is 4. The number of aromatic nitrogens is 2. The van der Waals surface area contributed by atoms with Gasteiger partial charge < -0.3 is 9.47 Å². The molecule has 5 rings (SSSR count). The highest BCUT2D eigenvalue weighted by atomic mass is 16.5. The molecular weight excluding hydrogens is 452 g/mol. The number of methoxy groups -OCH3 is 2. The van der Waals surface area contributed by atoms with E-state index in [9.17, 15) is 4.79 Å². The fraction of sp³-hybridized carbons (Fsp3) is 0.241. The molecule has 4 aromatic rings. The molecule has 1 aliphatic rings. The Hall–Kier alpha value is -4.10. The first-order chi connectivity index (χ1) is 17.6. The number of para-hydroxylation sites is 3. The Bertz CT molecular complexity index is 1420. The van der Waals surface area contributed by atoms with Gasteiger partial charge in [0, 0.05) is 24.1 Å². The lowest BCUT2D eigenvalue weighted by Crippen LogP contribution is -2.47. The summed E-state index contributed by atoms with van der Waals surface area (Å²) in [5.41, 5.74) is 4.44. The van der Waals surface area contributed by atoms with E-state index in [-0.39, 0.29) is 5.56 Å². The molecule has 7 nitrogen and oxygen atoms in total. The van der Waals surface area contributed by atoms with Gasteiger partial charge in [0.2, 0.25) is 5.95 Å². The number of aryl methyl sites for hydroxylation is 1. The van der Waals surface area contributed by atoms with Crippen molar-refractivity contribution in [3.05, 3.63) is 112 Å². The summed E-state index contributed by atoms with van der Waals surface area (Å²) in [6.07, 6.45) is 0.542. The molecule has 0 saturated heterocycles. The molecular formula is C29H30N4O3. The molecule has 1 aromatic heterocycles. The first-order valence-electron chi connectivity index (χ1n) is 12.0. The Labute approximate surface area is 211 Å². The molecule has 2 heterocycles. The van der Waals surface area contributed by atoms with Crippen molar-refractivity contribution in [3.8, 4) is 11.5 Å². The number of hydrogen-bond donors (Lipinski definition) is 0. The fourth-order valence-corrected chi connectivity index (χ4v) is 4.74. The van der Waals surface area contributed by atoms with Gasteiger partial charge in [-0.1, -0.05) is 60.7 Å². The van der Waals surface area contributed by atoms with Crippen LogP contribution in [-0.2, 0) is 19.6 Å². The SMILES string of the molecule is COc1ccccc1CN1CN(c2ccccc2OC)c2nc(C)c(Cc3ccccc3)c(=O)n2C1. The average Bonchev–Trinajstić information content (AvgIpc) is 2.92. The third-order valence-corrected chi connectivity index (χ3v) is 6.56. The van der Waals surface area contributed by atoms with E-state index in [1.54, 1.807) is 18.8 Å². The van der Waals surface area contributed by atoms with Crippen LogP contribution in [0.15, 0.2) is 83.7 Å². The van der Waals surface area contributed by atoms with Crippen molar-refractivity contribution in [2.45, 2.75) is 26.6 Å². The Kier molecular flexibility index (Phi) is 6.73. The fourth-order valence-electron chi connectivity index (χ4n) is 4.74. The van der Waals surface area contributed by atoms with Crippen LogP contribution in [0.4, 0.5) is 11.6 Å². The van der Waals surface area contributed by atoms with Crippen LogP contribution >= 0.6 is 0 Å². The van der Waals surface area contributed by atoms with Crippen LogP contribution in [0.3, 0.4) is 0 Å². The predicted octanol–water partition coefficient (Wildman–Crippen LogP) is 4.73. The highest BCUT2D eigenvalue weighted by molar-refractivity contribution is 5.66. The summed E-state index contributed by atoms with van der Waals surface area (Å²) < 4.78 is 13.0. The first-order valence-corrected chi connectivity index (χ1v) is 12.0. The number of hydrogen-bond acceptors (Lipinski definition) is 6. The maximum Gasteiger partial charge on any atom is 0.259 e.